The van der Waals surface area contributed by atoms with Gasteiger partial charge in [-0.05, 0) is 33.1 Å². The molecule has 1 aromatic rings. The van der Waals surface area contributed by atoms with Crippen LogP contribution in [0.5, 0.6) is 0 Å². The van der Waals surface area contributed by atoms with Crippen LogP contribution in [0.3, 0.4) is 0 Å². The SMILES string of the molecule is CC(C)Nc1nc(NCCO)nc(N2CCCCC2)n1. The van der Waals surface area contributed by atoms with Crippen LogP contribution < -0.4 is 15.5 Å². The second-order valence-electron chi connectivity index (χ2n) is 5.28. The minimum atomic E-state index is 0.0532. The largest absolute Gasteiger partial charge is 0.395 e. The number of hydrogen-bond donors (Lipinski definition) is 3. The fourth-order valence-electron chi connectivity index (χ4n) is 2.17. The first-order valence-corrected chi connectivity index (χ1v) is 7.31. The molecule has 0 amide bonds. The van der Waals surface area contributed by atoms with E-state index in [9.17, 15) is 0 Å². The lowest BCUT2D eigenvalue weighted by Crippen LogP contribution is -2.32. The highest BCUT2D eigenvalue weighted by Gasteiger charge is 2.16. The van der Waals surface area contributed by atoms with E-state index in [0.717, 1.165) is 13.1 Å². The van der Waals surface area contributed by atoms with Crippen molar-refractivity contribution in [2.75, 3.05) is 41.8 Å². The van der Waals surface area contributed by atoms with Crippen LogP contribution in [0.1, 0.15) is 33.1 Å². The number of hydrogen-bond acceptors (Lipinski definition) is 7. The molecule has 0 bridgehead atoms. The molecule has 0 spiro atoms. The van der Waals surface area contributed by atoms with Crippen molar-refractivity contribution in [1.29, 1.82) is 0 Å². The van der Waals surface area contributed by atoms with E-state index in [2.05, 4.69) is 30.5 Å². The van der Waals surface area contributed by atoms with E-state index < -0.39 is 0 Å². The summed E-state index contributed by atoms with van der Waals surface area (Å²) in [6.45, 7) is 6.56. The fourth-order valence-corrected chi connectivity index (χ4v) is 2.17. The zero-order chi connectivity index (χ0) is 14.4. The normalized spacial score (nSPS) is 15.5. The third-order valence-corrected chi connectivity index (χ3v) is 3.08. The third-order valence-electron chi connectivity index (χ3n) is 3.08. The van der Waals surface area contributed by atoms with Crippen LogP contribution >= 0.6 is 0 Å². The van der Waals surface area contributed by atoms with Gasteiger partial charge in [0.25, 0.3) is 0 Å². The fraction of sp³-hybridized carbons (Fsp3) is 0.769. The maximum atomic E-state index is 8.90. The summed E-state index contributed by atoms with van der Waals surface area (Å²) in [5.74, 6) is 1.80. The van der Waals surface area contributed by atoms with E-state index in [-0.39, 0.29) is 12.6 Å². The summed E-state index contributed by atoms with van der Waals surface area (Å²) in [7, 11) is 0. The zero-order valence-electron chi connectivity index (χ0n) is 12.3. The van der Waals surface area contributed by atoms with Crippen LogP contribution in [-0.4, -0.2) is 52.3 Å². The van der Waals surface area contributed by atoms with Gasteiger partial charge in [-0.2, -0.15) is 15.0 Å². The molecule has 1 saturated heterocycles. The molecule has 2 heterocycles. The average molecular weight is 280 g/mol. The van der Waals surface area contributed by atoms with Gasteiger partial charge in [-0.25, -0.2) is 0 Å². The van der Waals surface area contributed by atoms with E-state index in [1.807, 2.05) is 13.8 Å². The minimum Gasteiger partial charge on any atom is -0.395 e. The quantitative estimate of drug-likeness (QED) is 0.719. The molecule has 2 rings (SSSR count). The molecule has 112 valence electrons. The lowest BCUT2D eigenvalue weighted by molar-refractivity contribution is 0.311. The highest BCUT2D eigenvalue weighted by molar-refractivity contribution is 5.44. The molecule has 0 aliphatic carbocycles. The highest BCUT2D eigenvalue weighted by Crippen LogP contribution is 2.18. The zero-order valence-corrected chi connectivity index (χ0v) is 12.3. The van der Waals surface area contributed by atoms with Gasteiger partial charge in [0, 0.05) is 25.7 Å². The van der Waals surface area contributed by atoms with Crippen molar-refractivity contribution < 1.29 is 5.11 Å². The van der Waals surface area contributed by atoms with Crippen molar-refractivity contribution in [3.8, 4) is 0 Å². The Morgan fingerprint density at radius 3 is 2.45 bits per heavy atom. The lowest BCUT2D eigenvalue weighted by atomic mass is 10.1. The lowest BCUT2D eigenvalue weighted by Gasteiger charge is -2.27. The van der Waals surface area contributed by atoms with E-state index in [1.165, 1.54) is 19.3 Å². The molecule has 0 unspecified atom stereocenters. The first-order valence-electron chi connectivity index (χ1n) is 7.31. The summed E-state index contributed by atoms with van der Waals surface area (Å²) in [4.78, 5) is 15.5. The highest BCUT2D eigenvalue weighted by atomic mass is 16.3. The van der Waals surface area contributed by atoms with Crippen LogP contribution in [0, 0.1) is 0 Å². The Bertz CT molecular complexity index is 419. The summed E-state index contributed by atoms with van der Waals surface area (Å²) in [5.41, 5.74) is 0. The van der Waals surface area contributed by atoms with Gasteiger partial charge in [0.2, 0.25) is 17.8 Å². The first kappa shape index (κ1) is 14.8. The first-order chi connectivity index (χ1) is 9.69. The minimum absolute atomic E-state index is 0.0532. The molecule has 7 nitrogen and oxygen atoms in total. The Kier molecular flexibility index (Phi) is 5.34. The molecule has 20 heavy (non-hydrogen) atoms. The summed E-state index contributed by atoms with van der Waals surface area (Å²) in [6.07, 6.45) is 3.63. The molecule has 3 N–H and O–H groups in total. The van der Waals surface area contributed by atoms with E-state index in [1.54, 1.807) is 0 Å². The molecular formula is C13H24N6O. The predicted octanol–water partition coefficient (Wildman–Crippen LogP) is 1.09. The smallest absolute Gasteiger partial charge is 0.231 e. The molecular weight excluding hydrogens is 256 g/mol. The number of piperidine rings is 1. The third kappa shape index (κ3) is 4.19. The van der Waals surface area contributed by atoms with Gasteiger partial charge >= 0.3 is 0 Å². The maximum absolute atomic E-state index is 8.90. The second kappa shape index (κ2) is 7.23. The van der Waals surface area contributed by atoms with Gasteiger partial charge in [-0.1, -0.05) is 0 Å². The molecule has 0 aromatic carbocycles. The average Bonchev–Trinajstić information content (AvgIpc) is 2.45. The van der Waals surface area contributed by atoms with Crippen molar-refractivity contribution in [3.05, 3.63) is 0 Å². The van der Waals surface area contributed by atoms with Crippen LogP contribution in [0.25, 0.3) is 0 Å². The standard InChI is InChI=1S/C13H24N6O/c1-10(2)15-12-16-11(14-6-9-20)17-13(18-12)19-7-4-3-5-8-19/h10,20H,3-9H2,1-2H3,(H2,14,15,16,17,18). The summed E-state index contributed by atoms with van der Waals surface area (Å²) < 4.78 is 0. The van der Waals surface area contributed by atoms with Gasteiger partial charge in [0.15, 0.2) is 0 Å². The van der Waals surface area contributed by atoms with E-state index in [0.29, 0.717) is 24.4 Å². The molecule has 1 fully saturated rings. The van der Waals surface area contributed by atoms with Crippen molar-refractivity contribution in [2.45, 2.75) is 39.2 Å². The van der Waals surface area contributed by atoms with Gasteiger partial charge in [0.05, 0.1) is 6.61 Å². The molecule has 0 atom stereocenters. The Labute approximate surface area is 119 Å². The molecule has 7 heteroatoms. The van der Waals surface area contributed by atoms with Crippen LogP contribution in [0.4, 0.5) is 17.8 Å². The van der Waals surface area contributed by atoms with Crippen molar-refractivity contribution in [3.63, 3.8) is 0 Å². The number of aromatic nitrogens is 3. The molecule has 1 aliphatic heterocycles. The summed E-state index contributed by atoms with van der Waals surface area (Å²) >= 11 is 0. The number of nitrogens with one attached hydrogen (secondary N) is 2. The Balaban J connectivity index is 2.19. The summed E-state index contributed by atoms with van der Waals surface area (Å²) in [6, 6.07) is 0.261. The number of aliphatic hydroxyl groups is 1. The van der Waals surface area contributed by atoms with E-state index in [4.69, 9.17) is 5.11 Å². The Hall–Kier alpha value is -1.63. The van der Waals surface area contributed by atoms with Crippen LogP contribution in [0.15, 0.2) is 0 Å². The maximum Gasteiger partial charge on any atom is 0.231 e. The van der Waals surface area contributed by atoms with Crippen molar-refractivity contribution in [2.24, 2.45) is 0 Å². The van der Waals surface area contributed by atoms with Crippen LogP contribution in [0.2, 0.25) is 0 Å². The topological polar surface area (TPSA) is 86.2 Å². The van der Waals surface area contributed by atoms with Gasteiger partial charge in [-0.3, -0.25) is 0 Å². The number of aliphatic hydroxyl groups excluding tert-OH is 1. The van der Waals surface area contributed by atoms with Crippen molar-refractivity contribution >= 4 is 17.8 Å². The number of anilines is 3. The number of rotatable bonds is 6. The number of nitrogens with zero attached hydrogens (tertiary/aromatic N) is 4. The molecule has 0 radical (unpaired) electrons. The molecule has 0 saturated carbocycles. The van der Waals surface area contributed by atoms with E-state index >= 15 is 0 Å². The van der Waals surface area contributed by atoms with Crippen LogP contribution in [-0.2, 0) is 0 Å². The van der Waals surface area contributed by atoms with Gasteiger partial charge < -0.3 is 20.6 Å². The van der Waals surface area contributed by atoms with Gasteiger partial charge in [0.1, 0.15) is 0 Å². The van der Waals surface area contributed by atoms with Crippen molar-refractivity contribution in [1.82, 2.24) is 15.0 Å². The van der Waals surface area contributed by atoms with Gasteiger partial charge in [-0.15, -0.1) is 0 Å². The second-order valence-corrected chi connectivity index (χ2v) is 5.28. The predicted molar refractivity (Wildman–Crippen MR) is 80.2 cm³/mol. The Morgan fingerprint density at radius 2 is 1.80 bits per heavy atom. The Morgan fingerprint density at radius 1 is 1.10 bits per heavy atom. The molecule has 1 aromatic heterocycles. The molecule has 1 aliphatic rings. The monoisotopic (exact) mass is 280 g/mol. The summed E-state index contributed by atoms with van der Waals surface area (Å²) in [5, 5.41) is 15.1.